The molecule has 5 rings (SSSR count). The van der Waals surface area contributed by atoms with Crippen LogP contribution < -0.4 is 5.32 Å². The molecule has 4 saturated heterocycles. The molecule has 0 bridgehead atoms. The van der Waals surface area contributed by atoms with Crippen LogP contribution in [0.15, 0.2) is 24.5 Å². The fraction of sp³-hybridized carbons (Fsp3) is 0.667. The minimum Gasteiger partial charge on any atom is -0.475 e. The monoisotopic (exact) mass is 511 g/mol. The predicted molar refractivity (Wildman–Crippen MR) is 123 cm³/mol. The van der Waals surface area contributed by atoms with Gasteiger partial charge in [0, 0.05) is 70.2 Å². The molecular weight excluding hydrogens is 479 g/mol. The van der Waals surface area contributed by atoms with Crippen LogP contribution in [0.4, 0.5) is 18.0 Å². The summed E-state index contributed by atoms with van der Waals surface area (Å²) in [5, 5.41) is 10.2. The highest BCUT2D eigenvalue weighted by Crippen LogP contribution is 2.56. The van der Waals surface area contributed by atoms with Crippen molar-refractivity contribution in [3.05, 3.63) is 30.1 Å². The van der Waals surface area contributed by atoms with Crippen LogP contribution in [0, 0.1) is 10.8 Å². The molecule has 2 spiro atoms. The van der Waals surface area contributed by atoms with Gasteiger partial charge >= 0.3 is 18.2 Å². The van der Waals surface area contributed by atoms with E-state index in [0.717, 1.165) is 84.5 Å². The third-order valence-electron chi connectivity index (χ3n) is 8.05. The third-order valence-corrected chi connectivity index (χ3v) is 8.05. The number of rotatable bonds is 2. The van der Waals surface area contributed by atoms with E-state index >= 15 is 0 Å². The molecule has 1 unspecified atom stereocenters. The van der Waals surface area contributed by atoms with Gasteiger partial charge < -0.3 is 20.2 Å². The Morgan fingerprint density at radius 3 is 2.22 bits per heavy atom. The van der Waals surface area contributed by atoms with Gasteiger partial charge in [0.25, 0.3) is 0 Å². The van der Waals surface area contributed by atoms with Gasteiger partial charge in [-0.2, -0.15) is 13.2 Å². The molecule has 4 aliphatic rings. The highest BCUT2D eigenvalue weighted by Gasteiger charge is 2.63. The Bertz CT molecular complexity index is 962. The summed E-state index contributed by atoms with van der Waals surface area (Å²) in [5.41, 5.74) is 0.856. The smallest absolute Gasteiger partial charge is 0.475 e. The minimum absolute atomic E-state index is 0.0302. The Labute approximate surface area is 207 Å². The second-order valence-corrected chi connectivity index (χ2v) is 10.1. The van der Waals surface area contributed by atoms with Crippen molar-refractivity contribution in [3.8, 4) is 0 Å². The average molecular weight is 512 g/mol. The molecule has 5 heterocycles. The lowest BCUT2D eigenvalue weighted by molar-refractivity contribution is -0.192. The van der Waals surface area contributed by atoms with Gasteiger partial charge in [-0.1, -0.05) is 6.07 Å². The standard InChI is InChI=1S/C22H31N5O2.C2HF3O2/c28-19-22(5-9-24-19)17-25(15-18-4-3-8-23-14-18)16-21(22)6-12-27(13-7-21)20(29)26-10-1-2-11-26;3-2(4,5)1(6)7/h3-4,8,14H,1-2,5-7,9-13,15-17H2,(H,24,28);(H,6,7). The van der Waals surface area contributed by atoms with Crippen molar-refractivity contribution in [1.82, 2.24) is 25.0 Å². The lowest BCUT2D eigenvalue weighted by atomic mass is 9.60. The summed E-state index contributed by atoms with van der Waals surface area (Å²) in [4.78, 5) is 45.5. The topological polar surface area (TPSA) is 106 Å². The van der Waals surface area contributed by atoms with Crippen LogP contribution >= 0.6 is 0 Å². The summed E-state index contributed by atoms with van der Waals surface area (Å²) in [7, 11) is 0. The van der Waals surface area contributed by atoms with Gasteiger partial charge in [0.1, 0.15) is 0 Å². The van der Waals surface area contributed by atoms with Gasteiger partial charge in [0.05, 0.1) is 5.41 Å². The summed E-state index contributed by atoms with van der Waals surface area (Å²) in [6.45, 7) is 6.68. The summed E-state index contributed by atoms with van der Waals surface area (Å²) in [6.07, 6.45) is 3.63. The van der Waals surface area contributed by atoms with Crippen molar-refractivity contribution in [2.45, 2.75) is 44.8 Å². The second-order valence-electron chi connectivity index (χ2n) is 10.1. The van der Waals surface area contributed by atoms with Gasteiger partial charge in [0.2, 0.25) is 5.91 Å². The Morgan fingerprint density at radius 2 is 1.69 bits per heavy atom. The van der Waals surface area contributed by atoms with E-state index in [1.807, 2.05) is 22.1 Å². The van der Waals surface area contributed by atoms with Crippen LogP contribution in [0.1, 0.15) is 37.7 Å². The Balaban J connectivity index is 0.000000384. The molecule has 4 fully saturated rings. The quantitative estimate of drug-likeness (QED) is 0.632. The highest BCUT2D eigenvalue weighted by atomic mass is 19.4. The number of carboxylic acid groups (broad SMARTS) is 1. The van der Waals surface area contributed by atoms with Crippen molar-refractivity contribution in [2.24, 2.45) is 10.8 Å². The van der Waals surface area contributed by atoms with Crippen molar-refractivity contribution < 1.29 is 32.7 Å². The number of piperidine rings is 1. The summed E-state index contributed by atoms with van der Waals surface area (Å²) in [5.74, 6) is -2.53. The molecule has 198 valence electrons. The first-order valence-corrected chi connectivity index (χ1v) is 12.3. The number of alkyl halides is 3. The van der Waals surface area contributed by atoms with Gasteiger partial charge in [-0.3, -0.25) is 14.7 Å². The Hall–Kier alpha value is -2.89. The van der Waals surface area contributed by atoms with Crippen LogP contribution in [-0.2, 0) is 16.1 Å². The fourth-order valence-corrected chi connectivity index (χ4v) is 6.25. The third kappa shape index (κ3) is 5.14. The van der Waals surface area contributed by atoms with E-state index in [9.17, 15) is 22.8 Å². The zero-order chi connectivity index (χ0) is 26.0. The number of nitrogens with one attached hydrogen (secondary N) is 1. The van der Waals surface area contributed by atoms with E-state index in [1.165, 1.54) is 5.56 Å². The fourth-order valence-electron chi connectivity index (χ4n) is 6.25. The lowest BCUT2D eigenvalue weighted by Crippen LogP contribution is -2.55. The van der Waals surface area contributed by atoms with Crippen LogP contribution in [0.3, 0.4) is 0 Å². The molecule has 0 saturated carbocycles. The maximum absolute atomic E-state index is 13.1. The van der Waals surface area contributed by atoms with E-state index in [-0.39, 0.29) is 22.8 Å². The van der Waals surface area contributed by atoms with Crippen molar-refractivity contribution in [1.29, 1.82) is 0 Å². The normalized spacial score (nSPS) is 25.7. The number of carbonyl (C=O) groups is 3. The van der Waals surface area contributed by atoms with E-state index in [1.54, 1.807) is 6.20 Å². The molecule has 9 nitrogen and oxygen atoms in total. The minimum atomic E-state index is -5.08. The van der Waals surface area contributed by atoms with Crippen LogP contribution in [0.25, 0.3) is 0 Å². The van der Waals surface area contributed by atoms with E-state index in [2.05, 4.69) is 21.3 Å². The number of urea groups is 1. The summed E-state index contributed by atoms with van der Waals surface area (Å²) >= 11 is 0. The lowest BCUT2D eigenvalue weighted by Gasteiger charge is -2.47. The predicted octanol–water partition coefficient (Wildman–Crippen LogP) is 2.33. The van der Waals surface area contributed by atoms with E-state index in [4.69, 9.17) is 9.90 Å². The van der Waals surface area contributed by atoms with E-state index < -0.39 is 12.1 Å². The van der Waals surface area contributed by atoms with Gasteiger partial charge in [0.15, 0.2) is 0 Å². The van der Waals surface area contributed by atoms with Crippen molar-refractivity contribution >= 4 is 17.9 Å². The molecule has 3 amide bonds. The number of hydrogen-bond acceptors (Lipinski definition) is 5. The first-order chi connectivity index (χ1) is 17.1. The van der Waals surface area contributed by atoms with Crippen molar-refractivity contribution in [2.75, 3.05) is 45.8 Å². The molecule has 1 aromatic rings. The van der Waals surface area contributed by atoms with Crippen molar-refractivity contribution in [3.63, 3.8) is 0 Å². The molecule has 12 heteroatoms. The van der Waals surface area contributed by atoms with Gasteiger partial charge in [-0.15, -0.1) is 0 Å². The number of likely N-dealkylation sites (tertiary alicyclic amines) is 3. The number of halogens is 3. The first kappa shape index (κ1) is 26.2. The SMILES string of the molecule is O=C(N1CCCC1)N1CCC2(CC1)CN(Cc1cccnc1)CC21CCNC1=O.O=C(O)C(F)(F)F. The molecule has 4 aliphatic heterocycles. The number of carboxylic acids is 1. The molecule has 0 radical (unpaired) electrons. The van der Waals surface area contributed by atoms with Crippen LogP contribution in [0.2, 0.25) is 0 Å². The maximum Gasteiger partial charge on any atom is 0.490 e. The van der Waals surface area contributed by atoms with Gasteiger partial charge in [-0.05, 0) is 43.7 Å². The van der Waals surface area contributed by atoms with Crippen LogP contribution in [0.5, 0.6) is 0 Å². The maximum atomic E-state index is 13.1. The van der Waals surface area contributed by atoms with E-state index in [0.29, 0.717) is 0 Å². The van der Waals surface area contributed by atoms with Crippen LogP contribution in [-0.4, -0.2) is 94.7 Å². The molecule has 36 heavy (non-hydrogen) atoms. The molecule has 1 atom stereocenters. The Kier molecular flexibility index (Phi) is 7.44. The average Bonchev–Trinajstić information content (AvgIpc) is 3.56. The molecule has 1 aromatic heterocycles. The highest BCUT2D eigenvalue weighted by molar-refractivity contribution is 5.86. The number of carbonyl (C=O) groups excluding carboxylic acids is 2. The number of pyridine rings is 1. The number of aromatic nitrogens is 1. The zero-order valence-electron chi connectivity index (χ0n) is 20.1. The number of hydrogen-bond donors (Lipinski definition) is 2. The number of nitrogens with zero attached hydrogens (tertiary/aromatic N) is 4. The first-order valence-electron chi connectivity index (χ1n) is 12.3. The summed E-state index contributed by atoms with van der Waals surface area (Å²) < 4.78 is 31.7. The summed E-state index contributed by atoms with van der Waals surface area (Å²) in [6, 6.07) is 4.28. The molecule has 2 N–H and O–H groups in total. The second kappa shape index (κ2) is 10.2. The number of amides is 3. The molecule has 0 aromatic carbocycles. The zero-order valence-corrected chi connectivity index (χ0v) is 20.1. The largest absolute Gasteiger partial charge is 0.490 e. The number of fused-ring (bicyclic) bond motifs is 1. The van der Waals surface area contributed by atoms with Gasteiger partial charge in [-0.25, -0.2) is 9.59 Å². The molecule has 0 aliphatic carbocycles. The Morgan fingerprint density at radius 1 is 1.06 bits per heavy atom. The molecular formula is C24H32F3N5O4. The number of aliphatic carboxylic acids is 1.